The molecule has 2 N–H and O–H groups in total. The first-order valence-electron chi connectivity index (χ1n) is 14.6. The van der Waals surface area contributed by atoms with Crippen LogP contribution in [0.5, 0.6) is 0 Å². The average molecular weight is 506 g/mol. The van der Waals surface area contributed by atoms with Crippen LogP contribution in [0.3, 0.4) is 0 Å². The van der Waals surface area contributed by atoms with Gasteiger partial charge >= 0.3 is 5.97 Å². The molecule has 0 aromatic heterocycles. The lowest BCUT2D eigenvalue weighted by Crippen LogP contribution is -2.61. The summed E-state index contributed by atoms with van der Waals surface area (Å²) < 4.78 is 5.50. The molecule has 0 spiro atoms. The Hall–Kier alpha value is -1.14. The molecule has 4 fully saturated rings. The number of aliphatic hydroxyl groups excluding tert-OH is 2. The van der Waals surface area contributed by atoms with Crippen LogP contribution in [0, 0.1) is 46.3 Å². The van der Waals surface area contributed by atoms with Crippen molar-refractivity contribution in [3.05, 3.63) is 0 Å². The highest BCUT2D eigenvalue weighted by Gasteiger charge is 2.63. The van der Waals surface area contributed by atoms with E-state index in [0.717, 1.165) is 38.6 Å². The molecule has 0 aromatic rings. The number of fused-ring (bicyclic) bond motifs is 5. The van der Waals surface area contributed by atoms with E-state index in [9.17, 15) is 19.8 Å². The van der Waals surface area contributed by atoms with Gasteiger partial charge in [-0.15, -0.1) is 0 Å². The van der Waals surface area contributed by atoms with Gasteiger partial charge in [-0.3, -0.25) is 9.59 Å². The van der Waals surface area contributed by atoms with Gasteiger partial charge in [0.15, 0.2) is 0 Å². The highest BCUT2D eigenvalue weighted by molar-refractivity contribution is 5.77. The molecule has 1 amide bonds. The number of likely N-dealkylation sites (tertiary alicyclic amines) is 1. The topological polar surface area (TPSA) is 87.1 Å². The zero-order chi connectivity index (χ0) is 26.5. The Kier molecular flexibility index (Phi) is 7.90. The van der Waals surface area contributed by atoms with E-state index >= 15 is 0 Å². The Labute approximate surface area is 218 Å². The van der Waals surface area contributed by atoms with Gasteiger partial charge < -0.3 is 19.8 Å². The molecule has 1 aliphatic heterocycles. The molecular formula is C30H51NO5. The first kappa shape index (κ1) is 27.9. The van der Waals surface area contributed by atoms with Crippen LogP contribution in [0.15, 0.2) is 0 Å². The van der Waals surface area contributed by atoms with Crippen LogP contribution >= 0.6 is 0 Å². The Morgan fingerprint density at radius 2 is 1.78 bits per heavy atom. The van der Waals surface area contributed by atoms with Crippen molar-refractivity contribution in [3.8, 4) is 0 Å². The lowest BCUT2D eigenvalue weighted by molar-refractivity contribution is -0.176. The maximum atomic E-state index is 12.2. The second-order valence-electron chi connectivity index (χ2n) is 14.2. The summed E-state index contributed by atoms with van der Waals surface area (Å²) in [6, 6.07) is 0. The third kappa shape index (κ3) is 5.10. The number of hydrogen-bond acceptors (Lipinski definition) is 5. The summed E-state index contributed by atoms with van der Waals surface area (Å²) in [7, 11) is 0. The monoisotopic (exact) mass is 505 g/mol. The fourth-order valence-corrected chi connectivity index (χ4v) is 9.39. The van der Waals surface area contributed by atoms with Gasteiger partial charge in [-0.25, -0.2) is 0 Å². The van der Waals surface area contributed by atoms with Crippen LogP contribution in [0.1, 0.15) is 99.3 Å². The maximum absolute atomic E-state index is 12.2. The zero-order valence-electron chi connectivity index (χ0n) is 23.6. The van der Waals surface area contributed by atoms with E-state index in [2.05, 4.69) is 20.8 Å². The largest absolute Gasteiger partial charge is 0.460 e. The number of piperidine rings is 1. The van der Waals surface area contributed by atoms with Crippen LogP contribution in [0.2, 0.25) is 0 Å². The second kappa shape index (κ2) is 10.2. The van der Waals surface area contributed by atoms with E-state index in [1.165, 1.54) is 19.3 Å². The Morgan fingerprint density at radius 3 is 2.44 bits per heavy atom. The summed E-state index contributed by atoms with van der Waals surface area (Å²) in [5, 5.41) is 20.9. The Bertz CT molecular complexity index is 823. The minimum absolute atomic E-state index is 0.0921. The molecule has 3 aliphatic carbocycles. The van der Waals surface area contributed by atoms with Crippen molar-refractivity contribution < 1.29 is 24.5 Å². The fraction of sp³-hybridized carbons (Fsp3) is 0.933. The maximum Gasteiger partial charge on any atom is 0.306 e. The van der Waals surface area contributed by atoms with Crippen LogP contribution < -0.4 is 0 Å². The number of rotatable bonds is 6. The lowest BCUT2D eigenvalue weighted by Gasteiger charge is -2.63. The van der Waals surface area contributed by atoms with Gasteiger partial charge in [0.2, 0.25) is 5.91 Å². The summed E-state index contributed by atoms with van der Waals surface area (Å²) in [5.41, 5.74) is -0.00619. The summed E-state index contributed by atoms with van der Waals surface area (Å²) in [6.45, 7) is 14.0. The SMILES string of the molecule is C[C@H](CCCC(=O)OC(C)(C)C)[C@H]1CC[C@H]2[C@@H]3[C@@H](O)C[C@@H]4CN(C(=O)CO)CC[C@]4(C)[C@H]3CC[C@]12C. The lowest BCUT2D eigenvalue weighted by atomic mass is 9.44. The molecule has 4 aliphatic rings. The van der Waals surface area contributed by atoms with Crippen molar-refractivity contribution in [1.29, 1.82) is 0 Å². The van der Waals surface area contributed by atoms with Gasteiger partial charge in [0, 0.05) is 19.5 Å². The molecular weight excluding hydrogens is 454 g/mol. The van der Waals surface area contributed by atoms with Crippen molar-refractivity contribution >= 4 is 11.9 Å². The van der Waals surface area contributed by atoms with E-state index in [1.807, 2.05) is 25.7 Å². The van der Waals surface area contributed by atoms with E-state index in [1.54, 1.807) is 0 Å². The quantitative estimate of drug-likeness (QED) is 0.506. The number of carbonyl (C=O) groups is 2. The fourth-order valence-electron chi connectivity index (χ4n) is 9.39. The van der Waals surface area contributed by atoms with Gasteiger partial charge in [-0.05, 0) is 118 Å². The molecule has 0 radical (unpaired) electrons. The molecule has 0 unspecified atom stereocenters. The third-order valence-corrected chi connectivity index (χ3v) is 11.2. The number of carbonyl (C=O) groups excluding carboxylic acids is 2. The van der Waals surface area contributed by atoms with Crippen LogP contribution in [-0.4, -0.2) is 58.4 Å². The van der Waals surface area contributed by atoms with Crippen LogP contribution in [-0.2, 0) is 14.3 Å². The number of amides is 1. The van der Waals surface area contributed by atoms with Gasteiger partial charge in [0.25, 0.3) is 0 Å². The van der Waals surface area contributed by atoms with Gasteiger partial charge in [-0.2, -0.15) is 0 Å². The Morgan fingerprint density at radius 1 is 1.08 bits per heavy atom. The molecule has 1 heterocycles. The smallest absolute Gasteiger partial charge is 0.306 e. The number of ether oxygens (including phenoxy) is 1. The molecule has 4 rings (SSSR count). The summed E-state index contributed by atoms with van der Waals surface area (Å²) in [6.07, 6.45) is 8.68. The molecule has 3 saturated carbocycles. The normalized spacial score (nSPS) is 41.2. The summed E-state index contributed by atoms with van der Waals surface area (Å²) in [4.78, 5) is 26.2. The molecule has 0 bridgehead atoms. The number of nitrogens with zero attached hydrogens (tertiary/aromatic N) is 1. The zero-order valence-corrected chi connectivity index (χ0v) is 23.6. The van der Waals surface area contributed by atoms with Crippen LogP contribution in [0.4, 0.5) is 0 Å². The predicted octanol–water partition coefficient (Wildman–Crippen LogP) is 4.80. The Balaban J connectivity index is 1.41. The molecule has 1 saturated heterocycles. The number of aliphatic hydroxyl groups is 2. The highest BCUT2D eigenvalue weighted by Crippen LogP contribution is 2.67. The van der Waals surface area contributed by atoms with E-state index < -0.39 is 12.2 Å². The number of esters is 1. The van der Waals surface area contributed by atoms with Crippen molar-refractivity contribution in [1.82, 2.24) is 4.90 Å². The highest BCUT2D eigenvalue weighted by atomic mass is 16.6. The number of hydrogen-bond donors (Lipinski definition) is 2. The second-order valence-corrected chi connectivity index (χ2v) is 14.2. The summed E-state index contributed by atoms with van der Waals surface area (Å²) >= 11 is 0. The molecule has 6 heteroatoms. The standard InChI is InChI=1S/C30H51NO5/c1-19(8-7-9-26(35)36-28(2,3)4)21-10-11-22-27-23(12-13-30(21,22)6)29(5)14-15-31(25(34)18-32)17-20(29)16-24(27)33/h19-24,27,32-33H,7-18H2,1-6H3/t19-,20-,21-,22+,23+,24+,27+,29+,30-/m1/s1. The molecule has 36 heavy (non-hydrogen) atoms. The van der Waals surface area contributed by atoms with E-state index in [4.69, 9.17) is 4.74 Å². The first-order valence-corrected chi connectivity index (χ1v) is 14.6. The van der Waals surface area contributed by atoms with Crippen molar-refractivity contribution in [2.24, 2.45) is 46.3 Å². The molecule has 206 valence electrons. The predicted molar refractivity (Wildman–Crippen MR) is 140 cm³/mol. The van der Waals surface area contributed by atoms with Crippen molar-refractivity contribution in [3.63, 3.8) is 0 Å². The molecule has 9 atom stereocenters. The minimum atomic E-state index is -0.422. The first-order chi connectivity index (χ1) is 16.8. The van der Waals surface area contributed by atoms with Gasteiger partial charge in [0.05, 0.1) is 6.10 Å². The van der Waals surface area contributed by atoms with Crippen LogP contribution in [0.25, 0.3) is 0 Å². The van der Waals surface area contributed by atoms with Gasteiger partial charge in [-0.1, -0.05) is 20.8 Å². The van der Waals surface area contributed by atoms with E-state index in [-0.39, 0.29) is 28.8 Å². The average Bonchev–Trinajstić information content (AvgIpc) is 3.14. The molecule has 6 nitrogen and oxygen atoms in total. The third-order valence-electron chi connectivity index (χ3n) is 11.2. The molecule has 0 aromatic carbocycles. The van der Waals surface area contributed by atoms with Crippen molar-refractivity contribution in [2.75, 3.05) is 19.7 Å². The van der Waals surface area contributed by atoms with Crippen molar-refractivity contribution in [2.45, 2.75) is 111 Å². The minimum Gasteiger partial charge on any atom is -0.460 e. The summed E-state index contributed by atoms with van der Waals surface area (Å²) in [5.74, 6) is 2.67. The van der Waals surface area contributed by atoms with E-state index in [0.29, 0.717) is 48.5 Å². The van der Waals surface area contributed by atoms with Gasteiger partial charge in [0.1, 0.15) is 12.2 Å².